The molecule has 3 atom stereocenters. The van der Waals surface area contributed by atoms with Gasteiger partial charge in [0.15, 0.2) is 0 Å². The predicted octanol–water partition coefficient (Wildman–Crippen LogP) is 3.82. The Morgan fingerprint density at radius 3 is 2.53 bits per heavy atom. The van der Waals surface area contributed by atoms with Crippen molar-refractivity contribution in [3.63, 3.8) is 0 Å². The third-order valence-corrected chi connectivity index (χ3v) is 7.91. The van der Waals surface area contributed by atoms with E-state index in [0.717, 1.165) is 40.4 Å². The number of nitrogens with zero attached hydrogens (tertiary/aromatic N) is 2. The maximum Gasteiger partial charge on any atom is 0.244 e. The van der Waals surface area contributed by atoms with Gasteiger partial charge in [-0.3, -0.25) is 0 Å². The maximum absolute atomic E-state index is 13.6. The number of rotatable bonds is 5. The Morgan fingerprint density at radius 2 is 1.93 bits per heavy atom. The summed E-state index contributed by atoms with van der Waals surface area (Å²) in [6, 6.07) is 12.8. The molecule has 156 valence electrons. The van der Waals surface area contributed by atoms with Gasteiger partial charge in [-0.2, -0.15) is 9.57 Å². The van der Waals surface area contributed by atoms with Gasteiger partial charge in [-0.1, -0.05) is 36.4 Å². The number of hydrogen-bond donors (Lipinski definition) is 1. The Bertz CT molecular complexity index is 1110. The van der Waals surface area contributed by atoms with Gasteiger partial charge in [-0.15, -0.1) is 0 Å². The zero-order valence-electron chi connectivity index (χ0n) is 16.4. The van der Waals surface area contributed by atoms with Gasteiger partial charge in [0.25, 0.3) is 0 Å². The summed E-state index contributed by atoms with van der Waals surface area (Å²) in [6.45, 7) is -0.426. The molecule has 2 aromatic carbocycles. The largest absolute Gasteiger partial charge is 0.395 e. The Labute approximate surface area is 176 Å². The molecule has 0 unspecified atom stereocenters. The van der Waals surface area contributed by atoms with Crippen molar-refractivity contribution in [3.8, 4) is 6.07 Å². The Morgan fingerprint density at radius 1 is 1.17 bits per heavy atom. The lowest BCUT2D eigenvalue weighted by Gasteiger charge is -2.50. The van der Waals surface area contributed by atoms with Gasteiger partial charge >= 0.3 is 0 Å². The molecule has 1 aliphatic heterocycles. The summed E-state index contributed by atoms with van der Waals surface area (Å²) in [6.07, 6.45) is 6.76. The van der Waals surface area contributed by atoms with Crippen LogP contribution in [0.4, 0.5) is 4.39 Å². The molecule has 0 saturated carbocycles. The van der Waals surface area contributed by atoms with Crippen LogP contribution in [0.2, 0.25) is 0 Å². The first-order chi connectivity index (χ1) is 14.5. The molecule has 1 fully saturated rings. The minimum atomic E-state index is -4.11. The lowest BCUT2D eigenvalue weighted by atomic mass is 9.78. The van der Waals surface area contributed by atoms with Crippen LogP contribution >= 0.6 is 0 Å². The van der Waals surface area contributed by atoms with Gasteiger partial charge in [-0.05, 0) is 60.6 Å². The molecule has 0 amide bonds. The Balaban J connectivity index is 1.63. The van der Waals surface area contributed by atoms with Gasteiger partial charge in [0, 0.05) is 5.92 Å². The third kappa shape index (κ3) is 3.56. The second-order valence-electron chi connectivity index (χ2n) is 7.74. The van der Waals surface area contributed by atoms with E-state index in [0.29, 0.717) is 0 Å². The van der Waals surface area contributed by atoms with E-state index in [9.17, 15) is 23.2 Å². The van der Waals surface area contributed by atoms with Crippen LogP contribution in [0.3, 0.4) is 0 Å². The second kappa shape index (κ2) is 8.31. The van der Waals surface area contributed by atoms with Gasteiger partial charge < -0.3 is 5.11 Å². The minimum absolute atomic E-state index is 0.223. The van der Waals surface area contributed by atoms with E-state index in [1.807, 2.05) is 24.3 Å². The van der Waals surface area contributed by atoms with Crippen molar-refractivity contribution in [2.24, 2.45) is 0 Å². The monoisotopic (exact) mass is 426 g/mol. The highest BCUT2D eigenvalue weighted by molar-refractivity contribution is 7.89. The maximum atomic E-state index is 13.6. The summed E-state index contributed by atoms with van der Waals surface area (Å²) >= 11 is 0. The quantitative estimate of drug-likeness (QED) is 0.788. The average molecular weight is 427 g/mol. The first-order valence-electron chi connectivity index (χ1n) is 10.1. The number of nitriles is 1. The smallest absolute Gasteiger partial charge is 0.244 e. The van der Waals surface area contributed by atoms with Crippen LogP contribution < -0.4 is 0 Å². The fourth-order valence-electron chi connectivity index (χ4n) is 4.46. The molecule has 0 bridgehead atoms. The highest BCUT2D eigenvalue weighted by Crippen LogP contribution is 2.44. The number of hydrogen-bond acceptors (Lipinski definition) is 4. The molecule has 2 aromatic rings. The SMILES string of the molecule is N#C[C@H]1[C@@H](c2ccc(C3=CCCCC3)cc2)[C@@H](CO)N1S(=O)(=O)c1cccc(F)c1. The van der Waals surface area contributed by atoms with E-state index < -0.39 is 40.4 Å². The number of aliphatic hydroxyl groups is 1. The van der Waals surface area contributed by atoms with E-state index in [1.165, 1.54) is 30.5 Å². The molecule has 1 N–H and O–H groups in total. The lowest BCUT2D eigenvalue weighted by Crippen LogP contribution is -2.65. The van der Waals surface area contributed by atoms with Crippen LogP contribution in [0.15, 0.2) is 59.5 Å². The first-order valence-corrected chi connectivity index (χ1v) is 11.5. The summed E-state index contributed by atoms with van der Waals surface area (Å²) < 4.78 is 40.6. The summed E-state index contributed by atoms with van der Waals surface area (Å²) in [7, 11) is -4.11. The van der Waals surface area contributed by atoms with Crippen LogP contribution in [0.1, 0.15) is 42.7 Å². The van der Waals surface area contributed by atoms with Crippen molar-refractivity contribution >= 4 is 15.6 Å². The molecule has 0 radical (unpaired) electrons. The Hall–Kier alpha value is -2.53. The summed E-state index contributed by atoms with van der Waals surface area (Å²) in [5, 5.41) is 19.6. The van der Waals surface area contributed by atoms with Crippen LogP contribution in [-0.4, -0.2) is 36.5 Å². The Kier molecular flexibility index (Phi) is 5.74. The summed E-state index contributed by atoms with van der Waals surface area (Å²) in [5.41, 5.74) is 3.26. The van der Waals surface area contributed by atoms with Crippen molar-refractivity contribution in [3.05, 3.63) is 71.6 Å². The highest BCUT2D eigenvalue weighted by atomic mass is 32.2. The van der Waals surface area contributed by atoms with Crippen LogP contribution in [0.25, 0.3) is 5.57 Å². The molecule has 2 aliphatic rings. The van der Waals surface area contributed by atoms with Crippen LogP contribution in [-0.2, 0) is 10.0 Å². The molecule has 1 aliphatic carbocycles. The molecular formula is C23H23FN2O3S. The van der Waals surface area contributed by atoms with Crippen molar-refractivity contribution in [1.29, 1.82) is 5.26 Å². The first kappa shape index (κ1) is 20.7. The van der Waals surface area contributed by atoms with Crippen molar-refractivity contribution in [2.75, 3.05) is 6.61 Å². The van der Waals surface area contributed by atoms with Crippen molar-refractivity contribution in [2.45, 2.75) is 48.6 Å². The summed E-state index contributed by atoms with van der Waals surface area (Å²) in [5.74, 6) is -1.12. The van der Waals surface area contributed by atoms with E-state index in [2.05, 4.69) is 12.1 Å². The molecule has 30 heavy (non-hydrogen) atoms. The number of aliphatic hydroxyl groups excluding tert-OH is 1. The van der Waals surface area contributed by atoms with Crippen molar-refractivity contribution in [1.82, 2.24) is 4.31 Å². The van der Waals surface area contributed by atoms with Crippen LogP contribution in [0, 0.1) is 17.1 Å². The number of allylic oxidation sites excluding steroid dienone is 2. The average Bonchev–Trinajstić information content (AvgIpc) is 2.74. The summed E-state index contributed by atoms with van der Waals surface area (Å²) in [4.78, 5) is -0.223. The van der Waals surface area contributed by atoms with Gasteiger partial charge in [-0.25, -0.2) is 12.8 Å². The van der Waals surface area contributed by atoms with E-state index in [1.54, 1.807) is 0 Å². The molecule has 1 heterocycles. The molecule has 1 saturated heterocycles. The van der Waals surface area contributed by atoms with Crippen molar-refractivity contribution < 1.29 is 17.9 Å². The topological polar surface area (TPSA) is 81.4 Å². The number of halogens is 1. The number of benzene rings is 2. The fourth-order valence-corrected chi connectivity index (χ4v) is 6.25. The molecule has 7 heteroatoms. The third-order valence-electron chi connectivity index (χ3n) is 6.00. The zero-order valence-corrected chi connectivity index (χ0v) is 17.2. The van der Waals surface area contributed by atoms with Gasteiger partial charge in [0.2, 0.25) is 10.0 Å². The van der Waals surface area contributed by atoms with E-state index >= 15 is 0 Å². The minimum Gasteiger partial charge on any atom is -0.395 e. The standard InChI is InChI=1S/C23H23FN2O3S/c24-19-7-4-8-20(13-19)30(28,29)26-21(14-25)23(22(26)15-27)18-11-9-17(10-12-18)16-5-2-1-3-6-16/h4-5,7-13,21-23,27H,1-3,6,15H2/t21-,22+,23+/m0/s1. The van der Waals surface area contributed by atoms with Gasteiger partial charge in [0.05, 0.1) is 23.6 Å². The van der Waals surface area contributed by atoms with E-state index in [-0.39, 0.29) is 4.90 Å². The highest BCUT2D eigenvalue weighted by Gasteiger charge is 2.55. The fraction of sp³-hybridized carbons (Fsp3) is 0.348. The molecule has 0 aromatic heterocycles. The molecular weight excluding hydrogens is 403 g/mol. The zero-order chi connectivity index (χ0) is 21.3. The lowest BCUT2D eigenvalue weighted by molar-refractivity contribution is 0.0556. The normalized spacial score (nSPS) is 24.6. The van der Waals surface area contributed by atoms with Crippen LogP contribution in [0.5, 0.6) is 0 Å². The van der Waals surface area contributed by atoms with E-state index in [4.69, 9.17) is 0 Å². The van der Waals surface area contributed by atoms with Gasteiger partial charge in [0.1, 0.15) is 11.9 Å². The number of sulfonamides is 1. The molecule has 4 rings (SSSR count). The predicted molar refractivity (Wildman–Crippen MR) is 111 cm³/mol. The molecule has 0 spiro atoms. The molecule has 5 nitrogen and oxygen atoms in total. The second-order valence-corrected chi connectivity index (χ2v) is 9.58.